The van der Waals surface area contributed by atoms with E-state index in [9.17, 15) is 0 Å². The largest absolute Gasteiger partial charge is 0.334 e. The third kappa shape index (κ3) is 1.07. The van der Waals surface area contributed by atoms with Crippen molar-refractivity contribution in [1.82, 2.24) is 9.97 Å². The molecule has 0 aromatic carbocycles. The van der Waals surface area contributed by atoms with Gasteiger partial charge in [0, 0.05) is 10.3 Å². The fourth-order valence-corrected chi connectivity index (χ4v) is 3.86. The van der Waals surface area contributed by atoms with Crippen LogP contribution in [0.4, 0.5) is 0 Å². The molecule has 0 bridgehead atoms. The fraction of sp³-hybridized carbons (Fsp3) is 0.400. The topological polar surface area (TPSA) is 28.7 Å². The Morgan fingerprint density at radius 3 is 3.14 bits per heavy atom. The van der Waals surface area contributed by atoms with Crippen molar-refractivity contribution in [1.29, 1.82) is 0 Å². The normalized spacial score (nSPS) is 14.9. The van der Waals surface area contributed by atoms with Crippen molar-refractivity contribution < 1.29 is 0 Å². The Labute approximate surface area is 91.0 Å². The molecule has 0 saturated carbocycles. The van der Waals surface area contributed by atoms with Gasteiger partial charge in [-0.1, -0.05) is 12.2 Å². The average molecular weight is 222 g/mol. The second kappa shape index (κ2) is 2.87. The quantitative estimate of drug-likeness (QED) is 0.694. The van der Waals surface area contributed by atoms with Crippen LogP contribution in [0.1, 0.15) is 22.7 Å². The first kappa shape index (κ1) is 8.56. The zero-order valence-electron chi connectivity index (χ0n) is 7.89. The van der Waals surface area contributed by atoms with Crippen molar-refractivity contribution in [2.75, 3.05) is 0 Å². The van der Waals surface area contributed by atoms with E-state index in [1.807, 2.05) is 18.3 Å². The average Bonchev–Trinajstić information content (AvgIpc) is 2.60. The molecule has 1 N–H and O–H groups in total. The lowest BCUT2D eigenvalue weighted by Crippen LogP contribution is -1.88. The molecule has 3 rings (SSSR count). The second-order valence-electron chi connectivity index (χ2n) is 3.69. The van der Waals surface area contributed by atoms with Crippen molar-refractivity contribution in [3.63, 3.8) is 0 Å². The van der Waals surface area contributed by atoms with Crippen LogP contribution in [-0.2, 0) is 12.8 Å². The lowest BCUT2D eigenvalue weighted by Gasteiger charge is -1.96. The summed E-state index contributed by atoms with van der Waals surface area (Å²) in [6, 6.07) is 0. The lowest BCUT2D eigenvalue weighted by atomic mass is 10.2. The van der Waals surface area contributed by atoms with Gasteiger partial charge in [0.05, 0.1) is 0 Å². The first-order chi connectivity index (χ1) is 6.75. The number of nitrogens with zero attached hydrogens (tertiary/aromatic N) is 1. The van der Waals surface area contributed by atoms with Gasteiger partial charge in [-0.2, -0.15) is 0 Å². The van der Waals surface area contributed by atoms with Crippen LogP contribution in [0, 0.1) is 11.6 Å². The molecule has 4 heteroatoms. The molecular formula is C10H10N2S2. The van der Waals surface area contributed by atoms with E-state index < -0.39 is 0 Å². The summed E-state index contributed by atoms with van der Waals surface area (Å²) in [4.78, 5) is 10.3. The van der Waals surface area contributed by atoms with Gasteiger partial charge in [-0.25, -0.2) is 4.98 Å². The summed E-state index contributed by atoms with van der Waals surface area (Å²) in [5.41, 5.74) is 1.46. The lowest BCUT2D eigenvalue weighted by molar-refractivity contribution is 0.916. The van der Waals surface area contributed by atoms with E-state index in [-0.39, 0.29) is 0 Å². The van der Waals surface area contributed by atoms with E-state index in [0.717, 1.165) is 15.3 Å². The Bertz CT molecular complexity index is 565. The molecule has 1 aliphatic carbocycles. The van der Waals surface area contributed by atoms with Gasteiger partial charge in [0.1, 0.15) is 15.3 Å². The maximum atomic E-state index is 5.35. The molecule has 0 saturated heterocycles. The zero-order valence-corrected chi connectivity index (χ0v) is 9.52. The Hall–Kier alpha value is -0.740. The van der Waals surface area contributed by atoms with Crippen molar-refractivity contribution >= 4 is 33.8 Å². The smallest absolute Gasteiger partial charge is 0.128 e. The Morgan fingerprint density at radius 2 is 2.29 bits per heavy atom. The highest BCUT2D eigenvalue weighted by molar-refractivity contribution is 7.71. The highest BCUT2D eigenvalue weighted by Crippen LogP contribution is 2.36. The molecule has 0 fully saturated rings. The van der Waals surface area contributed by atoms with Crippen molar-refractivity contribution in [3.05, 3.63) is 20.9 Å². The zero-order chi connectivity index (χ0) is 9.71. The van der Waals surface area contributed by atoms with Crippen molar-refractivity contribution in [2.45, 2.75) is 26.2 Å². The number of H-pyrrole nitrogens is 1. The Kier molecular flexibility index (Phi) is 1.76. The van der Waals surface area contributed by atoms with Gasteiger partial charge >= 0.3 is 0 Å². The van der Waals surface area contributed by atoms with Crippen molar-refractivity contribution in [2.24, 2.45) is 0 Å². The number of rotatable bonds is 0. The van der Waals surface area contributed by atoms with E-state index >= 15 is 0 Å². The number of nitrogens with one attached hydrogen (secondary N) is 1. The van der Waals surface area contributed by atoms with Gasteiger partial charge in [-0.15, -0.1) is 11.3 Å². The van der Waals surface area contributed by atoms with Crippen LogP contribution in [0.3, 0.4) is 0 Å². The number of fused-ring (bicyclic) bond motifs is 3. The molecule has 72 valence electrons. The molecular weight excluding hydrogens is 212 g/mol. The first-order valence-corrected chi connectivity index (χ1v) is 5.99. The third-order valence-corrected chi connectivity index (χ3v) is 4.19. The third-order valence-electron chi connectivity index (χ3n) is 2.69. The maximum Gasteiger partial charge on any atom is 0.128 e. The number of hydrogen-bond donors (Lipinski definition) is 1. The summed E-state index contributed by atoms with van der Waals surface area (Å²) in [6.07, 6.45) is 3.67. The molecule has 2 nitrogen and oxygen atoms in total. The van der Waals surface area contributed by atoms with E-state index in [1.54, 1.807) is 0 Å². The first-order valence-electron chi connectivity index (χ1n) is 4.77. The molecule has 2 heterocycles. The van der Waals surface area contributed by atoms with Gasteiger partial charge < -0.3 is 4.98 Å². The fourth-order valence-electron chi connectivity index (χ4n) is 2.11. The predicted octanol–water partition coefficient (Wildman–Crippen LogP) is 3.15. The molecule has 1 aliphatic rings. The van der Waals surface area contributed by atoms with E-state index in [0.29, 0.717) is 0 Å². The van der Waals surface area contributed by atoms with E-state index in [1.165, 1.54) is 35.1 Å². The molecule has 0 atom stereocenters. The second-order valence-corrected chi connectivity index (χ2v) is 5.18. The van der Waals surface area contributed by atoms with Gasteiger partial charge in [-0.05, 0) is 31.7 Å². The molecule has 2 aromatic rings. The van der Waals surface area contributed by atoms with Crippen LogP contribution in [0.5, 0.6) is 0 Å². The summed E-state index contributed by atoms with van der Waals surface area (Å²) in [5, 5.41) is 1.21. The van der Waals surface area contributed by atoms with Crippen LogP contribution >= 0.6 is 23.6 Å². The minimum atomic E-state index is 0.868. The SMILES string of the molecule is Cc1nc2sc3c(c2c(=S)[nH]1)CCC3. The number of thiophene rings is 1. The molecule has 0 aliphatic heterocycles. The standard InChI is InChI=1S/C10H10N2S2/c1-5-11-9(13)8-6-3-2-4-7(6)14-10(8)12-5/h2-4H2,1H3,(H,11,12,13). The van der Waals surface area contributed by atoms with Gasteiger partial charge in [-0.3, -0.25) is 0 Å². The van der Waals surface area contributed by atoms with Crippen molar-refractivity contribution in [3.8, 4) is 0 Å². The molecule has 2 aromatic heterocycles. The molecule has 0 radical (unpaired) electrons. The Morgan fingerprint density at radius 1 is 1.43 bits per heavy atom. The minimum Gasteiger partial charge on any atom is -0.334 e. The number of aryl methyl sites for hydroxylation is 3. The van der Waals surface area contributed by atoms with Crippen LogP contribution in [0.2, 0.25) is 0 Å². The summed E-state index contributed by atoms with van der Waals surface area (Å²) in [7, 11) is 0. The van der Waals surface area contributed by atoms with Gasteiger partial charge in [0.15, 0.2) is 0 Å². The highest BCUT2D eigenvalue weighted by Gasteiger charge is 2.19. The predicted molar refractivity (Wildman–Crippen MR) is 61.6 cm³/mol. The Balaban J connectivity index is 2.50. The molecule has 0 spiro atoms. The van der Waals surface area contributed by atoms with Crippen LogP contribution in [0.15, 0.2) is 0 Å². The highest BCUT2D eigenvalue weighted by atomic mass is 32.1. The van der Waals surface area contributed by atoms with Gasteiger partial charge in [0.25, 0.3) is 0 Å². The van der Waals surface area contributed by atoms with E-state index in [2.05, 4.69) is 9.97 Å². The molecule has 0 amide bonds. The van der Waals surface area contributed by atoms with Crippen LogP contribution in [-0.4, -0.2) is 9.97 Å². The number of hydrogen-bond acceptors (Lipinski definition) is 3. The van der Waals surface area contributed by atoms with Crippen LogP contribution < -0.4 is 0 Å². The number of aromatic amines is 1. The van der Waals surface area contributed by atoms with E-state index in [4.69, 9.17) is 12.2 Å². The minimum absolute atomic E-state index is 0.868. The maximum absolute atomic E-state index is 5.35. The summed E-state index contributed by atoms with van der Waals surface area (Å²) in [5.74, 6) is 0.919. The van der Waals surface area contributed by atoms with Gasteiger partial charge in [0.2, 0.25) is 0 Å². The summed E-state index contributed by atoms with van der Waals surface area (Å²) < 4.78 is 0.868. The summed E-state index contributed by atoms with van der Waals surface area (Å²) >= 11 is 7.16. The molecule has 0 unspecified atom stereocenters. The summed E-state index contributed by atoms with van der Waals surface area (Å²) in [6.45, 7) is 1.96. The van der Waals surface area contributed by atoms with Crippen LogP contribution in [0.25, 0.3) is 10.2 Å². The monoisotopic (exact) mass is 222 g/mol. The molecule has 14 heavy (non-hydrogen) atoms. The number of aromatic nitrogens is 2.